The summed E-state index contributed by atoms with van der Waals surface area (Å²) >= 11 is 0. The van der Waals surface area contributed by atoms with Crippen LogP contribution in [0.3, 0.4) is 0 Å². The Kier molecular flexibility index (Phi) is 2.90. The average Bonchev–Trinajstić information content (AvgIpc) is 1.92. The summed E-state index contributed by atoms with van der Waals surface area (Å²) in [5.41, 5.74) is 5.66. The van der Waals surface area contributed by atoms with Crippen molar-refractivity contribution in [1.29, 1.82) is 0 Å². The lowest BCUT2D eigenvalue weighted by Crippen LogP contribution is -2.27. The fourth-order valence-corrected chi connectivity index (χ4v) is 2.82. The van der Waals surface area contributed by atoms with Crippen LogP contribution >= 0.6 is 0 Å². The molecule has 0 aliphatic carbocycles. The number of hydrogen-bond donors (Lipinski definition) is 1. The van der Waals surface area contributed by atoms with Gasteiger partial charge in [-0.15, -0.1) is 0 Å². The van der Waals surface area contributed by atoms with E-state index in [2.05, 4.69) is 0 Å². The van der Waals surface area contributed by atoms with Crippen LogP contribution in [0.1, 0.15) is 25.7 Å². The maximum absolute atomic E-state index is 11.1. The molecule has 2 N–H and O–H groups in total. The number of rotatable bonds is 0. The summed E-state index contributed by atoms with van der Waals surface area (Å²) in [4.78, 5) is 0. The first kappa shape index (κ1) is 9.00. The van der Waals surface area contributed by atoms with Crippen molar-refractivity contribution in [2.24, 2.45) is 5.73 Å². The first-order valence-corrected chi connectivity index (χ1v) is 5.88. The highest BCUT2D eigenvalue weighted by Crippen LogP contribution is 2.10. The second kappa shape index (κ2) is 3.54. The molecule has 1 aliphatic heterocycles. The molecule has 0 aromatic rings. The van der Waals surface area contributed by atoms with E-state index in [4.69, 9.17) is 5.73 Å². The maximum atomic E-state index is 11.1. The van der Waals surface area contributed by atoms with E-state index in [0.717, 1.165) is 19.3 Å². The smallest absolute Gasteiger partial charge is 0.150 e. The van der Waals surface area contributed by atoms with Crippen molar-refractivity contribution in [2.45, 2.75) is 31.7 Å². The Hall–Kier alpha value is -0.0900. The fraction of sp³-hybridized carbons (Fsp3) is 1.00. The zero-order valence-electron chi connectivity index (χ0n) is 6.62. The zero-order valence-corrected chi connectivity index (χ0v) is 7.44. The second-order valence-electron chi connectivity index (χ2n) is 3.20. The summed E-state index contributed by atoms with van der Waals surface area (Å²) in [7, 11) is -2.76. The normalized spacial score (nSPS) is 32.3. The van der Waals surface area contributed by atoms with Gasteiger partial charge in [0, 0.05) is 6.04 Å². The van der Waals surface area contributed by atoms with Crippen LogP contribution in [0.2, 0.25) is 0 Å². The first-order chi connectivity index (χ1) is 5.10. The highest BCUT2D eigenvalue weighted by Gasteiger charge is 2.16. The lowest BCUT2D eigenvalue weighted by molar-refractivity contribution is 0.529. The molecule has 11 heavy (non-hydrogen) atoms. The third-order valence-corrected chi connectivity index (χ3v) is 3.85. The summed E-state index contributed by atoms with van der Waals surface area (Å²) < 4.78 is 22.2. The van der Waals surface area contributed by atoms with E-state index in [1.807, 2.05) is 0 Å². The highest BCUT2D eigenvalue weighted by atomic mass is 32.2. The Balaban J connectivity index is 2.51. The second-order valence-corrected chi connectivity index (χ2v) is 5.50. The highest BCUT2D eigenvalue weighted by molar-refractivity contribution is 7.91. The zero-order chi connectivity index (χ0) is 8.32. The van der Waals surface area contributed by atoms with Crippen LogP contribution in [0.25, 0.3) is 0 Å². The predicted molar refractivity (Wildman–Crippen MR) is 45.1 cm³/mol. The minimum atomic E-state index is -2.76. The Labute approximate surface area is 67.9 Å². The van der Waals surface area contributed by atoms with Crippen molar-refractivity contribution in [3.8, 4) is 0 Å². The monoisotopic (exact) mass is 177 g/mol. The molecule has 1 unspecified atom stereocenters. The molecule has 0 radical (unpaired) electrons. The SMILES string of the molecule is NC1CCCCS(=O)(=O)CC1. The van der Waals surface area contributed by atoms with Gasteiger partial charge in [-0.05, 0) is 19.3 Å². The Morgan fingerprint density at radius 2 is 1.82 bits per heavy atom. The lowest BCUT2D eigenvalue weighted by atomic mass is 10.1. The van der Waals surface area contributed by atoms with Crippen LogP contribution in [0, 0.1) is 0 Å². The van der Waals surface area contributed by atoms with Crippen LogP contribution in [0.15, 0.2) is 0 Å². The Morgan fingerprint density at radius 1 is 1.09 bits per heavy atom. The summed E-state index contributed by atoms with van der Waals surface area (Å²) in [6.07, 6.45) is 3.37. The van der Waals surface area contributed by atoms with Crippen molar-refractivity contribution in [3.05, 3.63) is 0 Å². The molecule has 3 nitrogen and oxygen atoms in total. The van der Waals surface area contributed by atoms with Gasteiger partial charge in [0.2, 0.25) is 0 Å². The number of hydrogen-bond acceptors (Lipinski definition) is 3. The first-order valence-electron chi connectivity index (χ1n) is 4.06. The molecular weight excluding hydrogens is 162 g/mol. The summed E-state index contributed by atoms with van der Waals surface area (Å²) in [5.74, 6) is 0.647. The molecule has 1 aliphatic rings. The molecule has 0 bridgehead atoms. The fourth-order valence-electron chi connectivity index (χ4n) is 1.31. The molecule has 1 saturated heterocycles. The van der Waals surface area contributed by atoms with Gasteiger partial charge in [0.25, 0.3) is 0 Å². The molecule has 0 aromatic carbocycles. The van der Waals surface area contributed by atoms with E-state index < -0.39 is 9.84 Å². The quantitative estimate of drug-likeness (QED) is 0.579. The standard InChI is InChI=1S/C7H15NO2S/c8-7-3-1-2-5-11(9,10)6-4-7/h7H,1-6,8H2. The van der Waals surface area contributed by atoms with E-state index in [-0.39, 0.29) is 11.8 Å². The molecule has 1 atom stereocenters. The van der Waals surface area contributed by atoms with Gasteiger partial charge in [0.05, 0.1) is 11.5 Å². The third-order valence-electron chi connectivity index (χ3n) is 2.08. The van der Waals surface area contributed by atoms with Crippen LogP contribution in [-0.4, -0.2) is 26.0 Å². The lowest BCUT2D eigenvalue weighted by Gasteiger charge is -2.14. The number of nitrogens with two attached hydrogens (primary N) is 1. The van der Waals surface area contributed by atoms with E-state index >= 15 is 0 Å². The Bertz CT molecular complexity index is 210. The molecule has 1 rings (SSSR count). The van der Waals surface area contributed by atoms with Crippen LogP contribution in [0.4, 0.5) is 0 Å². The van der Waals surface area contributed by atoms with Gasteiger partial charge >= 0.3 is 0 Å². The van der Waals surface area contributed by atoms with E-state index in [1.165, 1.54) is 0 Å². The van der Waals surface area contributed by atoms with Gasteiger partial charge < -0.3 is 5.73 Å². The molecule has 0 aromatic heterocycles. The van der Waals surface area contributed by atoms with Crippen LogP contribution in [0.5, 0.6) is 0 Å². The van der Waals surface area contributed by atoms with Crippen LogP contribution < -0.4 is 5.73 Å². The number of sulfone groups is 1. The van der Waals surface area contributed by atoms with Crippen molar-refractivity contribution in [1.82, 2.24) is 0 Å². The van der Waals surface area contributed by atoms with E-state index in [0.29, 0.717) is 12.2 Å². The van der Waals surface area contributed by atoms with E-state index in [9.17, 15) is 8.42 Å². The van der Waals surface area contributed by atoms with Crippen molar-refractivity contribution >= 4 is 9.84 Å². The predicted octanol–water partition coefficient (Wildman–Crippen LogP) is 0.302. The van der Waals surface area contributed by atoms with E-state index in [1.54, 1.807) is 0 Å². The topological polar surface area (TPSA) is 60.2 Å². The van der Waals surface area contributed by atoms with Gasteiger partial charge in [-0.3, -0.25) is 0 Å². The molecule has 1 fully saturated rings. The molecule has 0 spiro atoms. The summed E-state index contributed by atoms with van der Waals surface area (Å²) in [6.45, 7) is 0. The molecule has 0 saturated carbocycles. The summed E-state index contributed by atoms with van der Waals surface area (Å²) in [5, 5.41) is 0. The van der Waals surface area contributed by atoms with Gasteiger partial charge in [0.1, 0.15) is 9.84 Å². The van der Waals surface area contributed by atoms with Gasteiger partial charge in [-0.2, -0.15) is 0 Å². The molecule has 0 amide bonds. The van der Waals surface area contributed by atoms with Crippen molar-refractivity contribution in [2.75, 3.05) is 11.5 Å². The minimum Gasteiger partial charge on any atom is -0.328 e. The van der Waals surface area contributed by atoms with Gasteiger partial charge in [-0.1, -0.05) is 6.42 Å². The van der Waals surface area contributed by atoms with Crippen molar-refractivity contribution in [3.63, 3.8) is 0 Å². The van der Waals surface area contributed by atoms with Gasteiger partial charge in [0.15, 0.2) is 0 Å². The summed E-state index contributed by atoms with van der Waals surface area (Å²) in [6, 6.07) is 0.102. The maximum Gasteiger partial charge on any atom is 0.150 e. The largest absolute Gasteiger partial charge is 0.328 e. The third kappa shape index (κ3) is 3.20. The Morgan fingerprint density at radius 3 is 2.55 bits per heavy atom. The molecule has 4 heteroatoms. The molecular formula is C7H15NO2S. The molecule has 66 valence electrons. The van der Waals surface area contributed by atoms with Gasteiger partial charge in [-0.25, -0.2) is 8.42 Å². The average molecular weight is 177 g/mol. The van der Waals surface area contributed by atoms with Crippen LogP contribution in [-0.2, 0) is 9.84 Å². The molecule has 1 heterocycles. The van der Waals surface area contributed by atoms with Crippen molar-refractivity contribution < 1.29 is 8.42 Å². The minimum absolute atomic E-state index is 0.102.